The lowest BCUT2D eigenvalue weighted by molar-refractivity contribution is 0.298. The smallest absolute Gasteiger partial charge is 0.240 e. The highest BCUT2D eigenvalue weighted by Gasteiger charge is 2.23. The molecule has 0 spiro atoms. The summed E-state index contributed by atoms with van der Waals surface area (Å²) in [5, 5.41) is 3.95. The first-order chi connectivity index (χ1) is 9.83. The summed E-state index contributed by atoms with van der Waals surface area (Å²) in [5.74, 6) is 1.98. The average Bonchev–Trinajstić information content (AvgIpc) is 3.10. The van der Waals surface area contributed by atoms with E-state index in [2.05, 4.69) is 45.4 Å². The van der Waals surface area contributed by atoms with Crippen LogP contribution in [0.5, 0.6) is 0 Å². The maximum Gasteiger partial charge on any atom is 0.240 e. The maximum absolute atomic E-state index is 5.47. The molecule has 1 atom stereocenters. The normalized spacial score (nSPS) is 18.6. The van der Waals surface area contributed by atoms with E-state index in [9.17, 15) is 0 Å². The number of rotatable bonds is 5. The number of halogens is 1. The number of nitrogens with zero attached hydrogens (tertiary/aromatic N) is 3. The minimum atomic E-state index is 0. The highest BCUT2D eigenvalue weighted by atomic mass is 35.5. The molecule has 1 saturated heterocycles. The Kier molecular flexibility index (Phi) is 5.73. The van der Waals surface area contributed by atoms with E-state index in [-0.39, 0.29) is 12.4 Å². The summed E-state index contributed by atoms with van der Waals surface area (Å²) in [6.45, 7) is 3.27. The molecular weight excluding hydrogens is 288 g/mol. The fourth-order valence-electron chi connectivity index (χ4n) is 2.81. The zero-order chi connectivity index (χ0) is 13.8. The Morgan fingerprint density at radius 3 is 2.81 bits per heavy atom. The number of benzene rings is 1. The summed E-state index contributed by atoms with van der Waals surface area (Å²) >= 11 is 0. The van der Waals surface area contributed by atoms with Crippen LogP contribution in [0.1, 0.15) is 23.7 Å². The van der Waals surface area contributed by atoms with Crippen LogP contribution in [-0.2, 0) is 19.5 Å². The lowest BCUT2D eigenvalue weighted by Crippen LogP contribution is -2.21. The van der Waals surface area contributed by atoms with Gasteiger partial charge < -0.3 is 10.3 Å². The van der Waals surface area contributed by atoms with Gasteiger partial charge in [0.25, 0.3) is 0 Å². The summed E-state index contributed by atoms with van der Waals surface area (Å²) in [7, 11) is 0. The van der Waals surface area contributed by atoms with Crippen molar-refractivity contribution in [2.75, 3.05) is 13.1 Å². The third-order valence-corrected chi connectivity index (χ3v) is 3.79. The van der Waals surface area contributed by atoms with Gasteiger partial charge in [-0.25, -0.2) is 0 Å². The molecule has 0 radical (unpaired) electrons. The molecule has 6 heteroatoms. The molecular formula is C15H21ClN4O. The van der Waals surface area contributed by atoms with Crippen LogP contribution in [0.2, 0.25) is 0 Å². The molecule has 2 aromatic rings. The number of likely N-dealkylation sites (tertiary alicyclic amines) is 1. The van der Waals surface area contributed by atoms with Crippen molar-refractivity contribution in [2.24, 2.45) is 11.7 Å². The molecule has 1 aromatic heterocycles. The predicted molar refractivity (Wildman–Crippen MR) is 83.0 cm³/mol. The van der Waals surface area contributed by atoms with E-state index in [1.54, 1.807) is 0 Å². The Morgan fingerprint density at radius 1 is 1.29 bits per heavy atom. The fourth-order valence-corrected chi connectivity index (χ4v) is 2.81. The van der Waals surface area contributed by atoms with Crippen LogP contribution in [0.25, 0.3) is 0 Å². The van der Waals surface area contributed by atoms with Crippen LogP contribution in [0, 0.1) is 5.92 Å². The Morgan fingerprint density at radius 2 is 2.10 bits per heavy atom. The van der Waals surface area contributed by atoms with Crippen LogP contribution >= 0.6 is 12.4 Å². The van der Waals surface area contributed by atoms with Crippen molar-refractivity contribution < 1.29 is 4.52 Å². The summed E-state index contributed by atoms with van der Waals surface area (Å²) in [5.41, 5.74) is 6.89. The molecule has 0 saturated carbocycles. The summed E-state index contributed by atoms with van der Waals surface area (Å²) in [6, 6.07) is 10.7. The Labute approximate surface area is 130 Å². The fraction of sp³-hybridized carbons (Fsp3) is 0.467. The number of hydrogen-bond donors (Lipinski definition) is 1. The lowest BCUT2D eigenvalue weighted by atomic mass is 9.99. The second-order valence-corrected chi connectivity index (χ2v) is 5.39. The molecule has 1 aromatic carbocycles. The van der Waals surface area contributed by atoms with E-state index in [0.29, 0.717) is 12.4 Å². The first-order valence-corrected chi connectivity index (χ1v) is 7.11. The summed E-state index contributed by atoms with van der Waals surface area (Å²) < 4.78 is 5.03. The lowest BCUT2D eigenvalue weighted by Gasteiger charge is -2.13. The van der Waals surface area contributed by atoms with Crippen molar-refractivity contribution in [1.82, 2.24) is 15.0 Å². The van der Waals surface area contributed by atoms with Gasteiger partial charge in [-0.1, -0.05) is 35.5 Å². The third kappa shape index (κ3) is 4.27. The Balaban J connectivity index is 0.00000161. The standard InChI is InChI=1S/C15H20N4O.ClH/c16-9-15-17-14(18-20-15)11-19-7-6-13(10-19)8-12-4-2-1-3-5-12;/h1-5,13H,6-11,16H2;1H. The van der Waals surface area contributed by atoms with E-state index in [4.69, 9.17) is 10.3 Å². The van der Waals surface area contributed by atoms with Crippen LogP contribution in [0.3, 0.4) is 0 Å². The van der Waals surface area contributed by atoms with Crippen molar-refractivity contribution in [3.05, 3.63) is 47.6 Å². The molecule has 1 unspecified atom stereocenters. The van der Waals surface area contributed by atoms with Crippen LogP contribution in [0.4, 0.5) is 0 Å². The number of aromatic nitrogens is 2. The second-order valence-electron chi connectivity index (χ2n) is 5.39. The van der Waals surface area contributed by atoms with Crippen molar-refractivity contribution in [3.8, 4) is 0 Å². The molecule has 1 fully saturated rings. The van der Waals surface area contributed by atoms with Gasteiger partial charge in [-0.05, 0) is 30.9 Å². The molecule has 0 bridgehead atoms. The van der Waals surface area contributed by atoms with Crippen molar-refractivity contribution >= 4 is 12.4 Å². The van der Waals surface area contributed by atoms with Gasteiger partial charge in [-0.2, -0.15) is 4.98 Å². The minimum absolute atomic E-state index is 0. The third-order valence-electron chi connectivity index (χ3n) is 3.79. The first kappa shape index (κ1) is 15.9. The summed E-state index contributed by atoms with van der Waals surface area (Å²) in [6.07, 6.45) is 2.38. The van der Waals surface area contributed by atoms with Gasteiger partial charge in [0.05, 0.1) is 13.1 Å². The molecule has 1 aliphatic heterocycles. The summed E-state index contributed by atoms with van der Waals surface area (Å²) in [4.78, 5) is 6.64. The molecule has 2 heterocycles. The minimum Gasteiger partial charge on any atom is -0.338 e. The average molecular weight is 309 g/mol. The zero-order valence-corrected chi connectivity index (χ0v) is 12.8. The first-order valence-electron chi connectivity index (χ1n) is 7.11. The van der Waals surface area contributed by atoms with Crippen LogP contribution in [-0.4, -0.2) is 28.1 Å². The largest absolute Gasteiger partial charge is 0.338 e. The molecule has 2 N–H and O–H groups in total. The van der Waals surface area contributed by atoms with E-state index >= 15 is 0 Å². The van der Waals surface area contributed by atoms with E-state index in [1.165, 1.54) is 12.0 Å². The quantitative estimate of drug-likeness (QED) is 0.915. The molecule has 5 nitrogen and oxygen atoms in total. The SMILES string of the molecule is Cl.NCc1nc(CN2CCC(Cc3ccccc3)C2)no1. The van der Waals surface area contributed by atoms with Crippen molar-refractivity contribution in [1.29, 1.82) is 0 Å². The van der Waals surface area contributed by atoms with Crippen molar-refractivity contribution in [3.63, 3.8) is 0 Å². The van der Waals surface area contributed by atoms with Gasteiger partial charge >= 0.3 is 0 Å². The second kappa shape index (κ2) is 7.54. The topological polar surface area (TPSA) is 68.2 Å². The predicted octanol–water partition coefficient (Wildman–Crippen LogP) is 2.01. The number of nitrogens with two attached hydrogens (primary N) is 1. The van der Waals surface area contributed by atoms with Crippen LogP contribution in [0.15, 0.2) is 34.9 Å². The van der Waals surface area contributed by atoms with Gasteiger partial charge in [0.15, 0.2) is 5.82 Å². The molecule has 0 amide bonds. The highest BCUT2D eigenvalue weighted by Crippen LogP contribution is 2.21. The number of hydrogen-bond acceptors (Lipinski definition) is 5. The zero-order valence-electron chi connectivity index (χ0n) is 11.9. The van der Waals surface area contributed by atoms with E-state index < -0.39 is 0 Å². The van der Waals surface area contributed by atoms with Gasteiger partial charge in [0, 0.05) is 6.54 Å². The molecule has 21 heavy (non-hydrogen) atoms. The maximum atomic E-state index is 5.47. The highest BCUT2D eigenvalue weighted by molar-refractivity contribution is 5.85. The van der Waals surface area contributed by atoms with Gasteiger partial charge in [0.2, 0.25) is 5.89 Å². The van der Waals surface area contributed by atoms with E-state index in [0.717, 1.165) is 37.8 Å². The van der Waals surface area contributed by atoms with Crippen molar-refractivity contribution in [2.45, 2.75) is 25.9 Å². The Hall–Kier alpha value is -1.43. The van der Waals surface area contributed by atoms with Crippen LogP contribution < -0.4 is 5.73 Å². The molecule has 114 valence electrons. The van der Waals surface area contributed by atoms with Gasteiger partial charge in [-0.3, -0.25) is 4.90 Å². The van der Waals surface area contributed by atoms with E-state index in [1.807, 2.05) is 0 Å². The van der Waals surface area contributed by atoms with Gasteiger partial charge in [-0.15, -0.1) is 12.4 Å². The molecule has 0 aliphatic carbocycles. The monoisotopic (exact) mass is 308 g/mol. The Bertz CT molecular complexity index is 546. The van der Waals surface area contributed by atoms with Gasteiger partial charge in [0.1, 0.15) is 0 Å². The molecule has 1 aliphatic rings. The molecule has 3 rings (SSSR count).